The zero-order valence-corrected chi connectivity index (χ0v) is 20.4. The van der Waals surface area contributed by atoms with E-state index in [1.54, 1.807) is 24.3 Å². The second-order valence-electron chi connectivity index (χ2n) is 8.12. The molecule has 3 heterocycles. The van der Waals surface area contributed by atoms with E-state index in [4.69, 9.17) is 39.5 Å². The summed E-state index contributed by atoms with van der Waals surface area (Å²) in [7, 11) is 0. The minimum atomic E-state index is -1.42. The lowest BCUT2D eigenvalue weighted by molar-refractivity contribution is -0.210. The van der Waals surface area contributed by atoms with Crippen LogP contribution in [0.3, 0.4) is 0 Å². The first-order valence-corrected chi connectivity index (χ1v) is 11.8. The van der Waals surface area contributed by atoms with E-state index in [9.17, 15) is 19.7 Å². The van der Waals surface area contributed by atoms with Crippen molar-refractivity contribution in [1.82, 2.24) is 29.8 Å². The van der Waals surface area contributed by atoms with E-state index >= 15 is 0 Å². The lowest BCUT2D eigenvalue weighted by Gasteiger charge is -2.41. The Morgan fingerprint density at radius 2 is 1.78 bits per heavy atom. The SMILES string of the molecule is OC[C@H]1O[C@@H](c2nncn2-c2cc(Cl)ccc2Cl)[C@H](O)[C@@H](n2cc(-c3ccc(Cl)c(F)c3)nn2)[C@H]1O. The number of benzene rings is 2. The van der Waals surface area contributed by atoms with Crippen molar-refractivity contribution < 1.29 is 24.4 Å². The number of rotatable bonds is 5. The van der Waals surface area contributed by atoms with E-state index in [-0.39, 0.29) is 16.5 Å². The van der Waals surface area contributed by atoms with Crippen molar-refractivity contribution in [3.63, 3.8) is 0 Å². The fourth-order valence-electron chi connectivity index (χ4n) is 4.13. The molecule has 188 valence electrons. The predicted molar refractivity (Wildman–Crippen MR) is 128 cm³/mol. The van der Waals surface area contributed by atoms with Crippen LogP contribution in [0.1, 0.15) is 18.0 Å². The summed E-state index contributed by atoms with van der Waals surface area (Å²) >= 11 is 18.2. The Balaban J connectivity index is 1.52. The van der Waals surface area contributed by atoms with Gasteiger partial charge in [0.25, 0.3) is 0 Å². The Labute approximate surface area is 218 Å². The van der Waals surface area contributed by atoms with Gasteiger partial charge in [-0.3, -0.25) is 4.57 Å². The Hall–Kier alpha value is -2.64. The highest BCUT2D eigenvalue weighted by atomic mass is 35.5. The van der Waals surface area contributed by atoms with Crippen molar-refractivity contribution in [2.75, 3.05) is 6.61 Å². The molecule has 14 heteroatoms. The van der Waals surface area contributed by atoms with Gasteiger partial charge in [-0.25, -0.2) is 9.07 Å². The molecular formula is C22H18Cl3FN6O4. The summed E-state index contributed by atoms with van der Waals surface area (Å²) in [5, 5.41) is 48.9. The van der Waals surface area contributed by atoms with Gasteiger partial charge in [-0.15, -0.1) is 15.3 Å². The van der Waals surface area contributed by atoms with Crippen LogP contribution >= 0.6 is 34.8 Å². The third-order valence-corrected chi connectivity index (χ3v) is 6.78. The van der Waals surface area contributed by atoms with Crippen LogP contribution in [0.15, 0.2) is 48.9 Å². The highest BCUT2D eigenvalue weighted by Crippen LogP contribution is 2.39. The molecule has 2 aromatic carbocycles. The summed E-state index contributed by atoms with van der Waals surface area (Å²) in [6.07, 6.45) is -2.24. The van der Waals surface area contributed by atoms with E-state index < -0.39 is 42.9 Å². The summed E-state index contributed by atoms with van der Waals surface area (Å²) in [6.45, 7) is -0.559. The van der Waals surface area contributed by atoms with Gasteiger partial charge >= 0.3 is 0 Å². The number of aliphatic hydroxyl groups excluding tert-OH is 3. The summed E-state index contributed by atoms with van der Waals surface area (Å²) in [5.41, 5.74) is 1.11. The van der Waals surface area contributed by atoms with Crippen LogP contribution in [0, 0.1) is 5.82 Å². The topological polar surface area (TPSA) is 131 Å². The molecule has 0 bridgehead atoms. The zero-order chi connectivity index (χ0) is 25.6. The Morgan fingerprint density at radius 3 is 2.53 bits per heavy atom. The van der Waals surface area contributed by atoms with Gasteiger partial charge in [0, 0.05) is 10.6 Å². The predicted octanol–water partition coefficient (Wildman–Crippen LogP) is 3.02. The fraction of sp³-hybridized carbons (Fsp3) is 0.273. The van der Waals surface area contributed by atoms with Gasteiger partial charge in [-0.1, -0.05) is 46.1 Å². The van der Waals surface area contributed by atoms with Crippen molar-refractivity contribution in [1.29, 1.82) is 0 Å². The molecule has 1 aliphatic heterocycles. The highest BCUT2D eigenvalue weighted by molar-refractivity contribution is 6.34. The quantitative estimate of drug-likeness (QED) is 0.343. The van der Waals surface area contributed by atoms with E-state index in [0.29, 0.717) is 21.3 Å². The molecule has 4 aromatic rings. The lowest BCUT2D eigenvalue weighted by Crippen LogP contribution is -2.53. The number of ether oxygens (including phenoxy) is 1. The van der Waals surface area contributed by atoms with Crippen LogP contribution in [0.25, 0.3) is 16.9 Å². The second kappa shape index (κ2) is 10.0. The van der Waals surface area contributed by atoms with Crippen molar-refractivity contribution in [2.45, 2.75) is 30.5 Å². The Kier molecular flexibility index (Phi) is 6.97. The van der Waals surface area contributed by atoms with Gasteiger partial charge in [-0.05, 0) is 30.3 Å². The van der Waals surface area contributed by atoms with Crippen LogP contribution in [0.5, 0.6) is 0 Å². The molecule has 0 spiro atoms. The average Bonchev–Trinajstić information content (AvgIpc) is 3.53. The molecule has 0 saturated carbocycles. The van der Waals surface area contributed by atoms with Crippen molar-refractivity contribution in [3.8, 4) is 16.9 Å². The first kappa shape index (κ1) is 25.0. The van der Waals surface area contributed by atoms with Gasteiger partial charge in [-0.2, -0.15) is 0 Å². The van der Waals surface area contributed by atoms with Crippen LogP contribution in [-0.2, 0) is 4.74 Å². The smallest absolute Gasteiger partial charge is 0.169 e. The third-order valence-electron chi connectivity index (χ3n) is 5.92. The summed E-state index contributed by atoms with van der Waals surface area (Å²) in [5.74, 6) is -0.476. The second-order valence-corrected chi connectivity index (χ2v) is 9.37. The van der Waals surface area contributed by atoms with E-state index in [1.165, 1.54) is 33.9 Å². The third kappa shape index (κ3) is 4.48. The molecule has 0 radical (unpaired) electrons. The monoisotopic (exact) mass is 554 g/mol. The van der Waals surface area contributed by atoms with Crippen LogP contribution in [0.4, 0.5) is 4.39 Å². The molecule has 5 atom stereocenters. The Bertz CT molecular complexity index is 1400. The number of nitrogens with zero attached hydrogens (tertiary/aromatic N) is 6. The molecule has 0 amide bonds. The molecule has 1 aliphatic rings. The fourth-order valence-corrected chi connectivity index (χ4v) is 4.62. The van der Waals surface area contributed by atoms with Gasteiger partial charge in [0.05, 0.1) is 28.5 Å². The number of hydrogen-bond donors (Lipinski definition) is 3. The highest BCUT2D eigenvalue weighted by Gasteiger charge is 2.48. The molecule has 3 N–H and O–H groups in total. The largest absolute Gasteiger partial charge is 0.394 e. The first-order chi connectivity index (χ1) is 17.3. The van der Waals surface area contributed by atoms with Gasteiger partial charge in [0.15, 0.2) is 5.82 Å². The molecule has 5 rings (SSSR count). The molecule has 1 fully saturated rings. The summed E-state index contributed by atoms with van der Waals surface area (Å²) < 4.78 is 22.5. The standard InChI is InChI=1S/C22H18Cl3FN6O4/c23-11-2-4-13(25)16(6-11)31-9-27-29-22(31)21-20(35)18(19(34)17(8-33)36-21)32-7-15(28-30-32)10-1-3-12(24)14(26)5-10/h1-7,9,17-21,33-35H,8H2/t17-,18+,19+,20-,21-/m1/s1. The summed E-state index contributed by atoms with van der Waals surface area (Å²) in [6, 6.07) is 7.84. The number of aliphatic hydroxyl groups is 3. The maximum Gasteiger partial charge on any atom is 0.169 e. The van der Waals surface area contributed by atoms with E-state index in [1.807, 2.05) is 0 Å². The van der Waals surface area contributed by atoms with Gasteiger partial charge in [0.1, 0.15) is 48.3 Å². The van der Waals surface area contributed by atoms with Crippen molar-refractivity contribution in [2.24, 2.45) is 0 Å². The maximum absolute atomic E-state index is 13.9. The zero-order valence-electron chi connectivity index (χ0n) is 18.2. The van der Waals surface area contributed by atoms with Gasteiger partial charge in [0.2, 0.25) is 0 Å². The molecular weight excluding hydrogens is 538 g/mol. The first-order valence-electron chi connectivity index (χ1n) is 10.6. The van der Waals surface area contributed by atoms with E-state index in [2.05, 4.69) is 20.5 Å². The van der Waals surface area contributed by atoms with Crippen molar-refractivity contribution >= 4 is 34.8 Å². The number of aromatic nitrogens is 6. The van der Waals surface area contributed by atoms with Crippen LogP contribution < -0.4 is 0 Å². The molecule has 36 heavy (non-hydrogen) atoms. The molecule has 1 saturated heterocycles. The lowest BCUT2D eigenvalue weighted by atomic mass is 9.92. The van der Waals surface area contributed by atoms with Crippen LogP contribution in [0.2, 0.25) is 15.1 Å². The van der Waals surface area contributed by atoms with Crippen LogP contribution in [-0.4, -0.2) is 70.0 Å². The molecule has 10 nitrogen and oxygen atoms in total. The van der Waals surface area contributed by atoms with E-state index in [0.717, 1.165) is 0 Å². The summed E-state index contributed by atoms with van der Waals surface area (Å²) in [4.78, 5) is 0. The Morgan fingerprint density at radius 1 is 1.00 bits per heavy atom. The maximum atomic E-state index is 13.9. The molecule has 0 unspecified atom stereocenters. The average molecular weight is 556 g/mol. The van der Waals surface area contributed by atoms with Crippen molar-refractivity contribution in [3.05, 3.63) is 75.6 Å². The van der Waals surface area contributed by atoms with Gasteiger partial charge < -0.3 is 20.1 Å². The minimum Gasteiger partial charge on any atom is -0.394 e. The normalized spacial score (nSPS) is 24.2. The molecule has 2 aromatic heterocycles. The minimum absolute atomic E-state index is 0.0426. The molecule has 0 aliphatic carbocycles. The number of halogens is 4. The number of hydrogen-bond acceptors (Lipinski definition) is 8.